The van der Waals surface area contributed by atoms with Gasteiger partial charge >= 0.3 is 5.97 Å². The van der Waals surface area contributed by atoms with Crippen LogP contribution in [0.4, 0.5) is 0 Å². The van der Waals surface area contributed by atoms with E-state index in [1.54, 1.807) is 13.8 Å². The minimum Gasteiger partial charge on any atom is -0.454 e. The Morgan fingerprint density at radius 2 is 1.38 bits per heavy atom. The minimum atomic E-state index is -1.76. The van der Waals surface area contributed by atoms with Crippen molar-refractivity contribution in [3.63, 3.8) is 0 Å². The molecule has 7 N–H and O–H groups in total. The van der Waals surface area contributed by atoms with Gasteiger partial charge in [-0.3, -0.25) is 4.79 Å². The van der Waals surface area contributed by atoms with Crippen LogP contribution in [0.15, 0.2) is 0 Å². The summed E-state index contributed by atoms with van der Waals surface area (Å²) in [6.45, 7) is 1.96. The first-order valence-corrected chi connectivity index (χ1v) is 9.45. The van der Waals surface area contributed by atoms with Crippen molar-refractivity contribution >= 4 is 5.97 Å². The van der Waals surface area contributed by atoms with E-state index < -0.39 is 86.5 Å². The number of carbonyl (C=O) groups is 1. The first-order valence-electron chi connectivity index (χ1n) is 9.45. The molecule has 0 aromatic heterocycles. The van der Waals surface area contributed by atoms with E-state index in [1.165, 1.54) is 0 Å². The van der Waals surface area contributed by atoms with Crippen LogP contribution in [-0.4, -0.2) is 116 Å². The van der Waals surface area contributed by atoms with Gasteiger partial charge < -0.3 is 54.7 Å². The molecule has 0 amide bonds. The van der Waals surface area contributed by atoms with E-state index in [2.05, 4.69) is 0 Å². The van der Waals surface area contributed by atoms with Gasteiger partial charge in [-0.2, -0.15) is 0 Å². The Morgan fingerprint density at radius 1 is 0.862 bits per heavy atom. The summed E-state index contributed by atoms with van der Waals surface area (Å²) in [6.07, 6.45) is -15.3. The van der Waals surface area contributed by atoms with Gasteiger partial charge in [0.05, 0.1) is 19.1 Å². The van der Waals surface area contributed by atoms with E-state index in [0.29, 0.717) is 6.42 Å². The molecule has 0 bridgehead atoms. The molecule has 2 rings (SSSR count). The molecule has 2 aliphatic rings. The summed E-state index contributed by atoms with van der Waals surface area (Å²) in [7, 11) is 0. The molecule has 0 aliphatic carbocycles. The molecule has 0 aromatic carbocycles. The van der Waals surface area contributed by atoms with Gasteiger partial charge in [0, 0.05) is 0 Å². The third kappa shape index (κ3) is 5.22. The molecule has 12 heteroatoms. The maximum atomic E-state index is 12.2. The summed E-state index contributed by atoms with van der Waals surface area (Å²) in [4.78, 5) is 12.2. The van der Waals surface area contributed by atoms with E-state index in [0.717, 1.165) is 0 Å². The van der Waals surface area contributed by atoms with Crippen LogP contribution in [0.1, 0.15) is 20.3 Å². The zero-order valence-corrected chi connectivity index (χ0v) is 16.1. The predicted molar refractivity (Wildman–Crippen MR) is 91.9 cm³/mol. The fraction of sp³-hybridized carbons (Fsp3) is 0.941. The Balaban J connectivity index is 2.21. The van der Waals surface area contributed by atoms with Gasteiger partial charge in [-0.05, 0) is 6.42 Å². The fourth-order valence-corrected chi connectivity index (χ4v) is 3.02. The van der Waals surface area contributed by atoms with Crippen molar-refractivity contribution < 1.29 is 59.5 Å². The number of aliphatic hydroxyl groups is 7. The highest BCUT2D eigenvalue weighted by molar-refractivity contribution is 5.72. The number of esters is 1. The van der Waals surface area contributed by atoms with Crippen molar-refractivity contribution in [3.05, 3.63) is 0 Å². The van der Waals surface area contributed by atoms with Crippen molar-refractivity contribution in [3.8, 4) is 0 Å². The summed E-state index contributed by atoms with van der Waals surface area (Å²) < 4.78 is 21.3. The second kappa shape index (κ2) is 10.4. The minimum absolute atomic E-state index is 0.447. The van der Waals surface area contributed by atoms with Gasteiger partial charge in [0.25, 0.3) is 0 Å². The van der Waals surface area contributed by atoms with Crippen molar-refractivity contribution in [2.75, 3.05) is 13.2 Å². The van der Waals surface area contributed by atoms with Crippen LogP contribution in [0, 0.1) is 5.92 Å². The number of hydrogen-bond acceptors (Lipinski definition) is 12. The van der Waals surface area contributed by atoms with E-state index in [1.807, 2.05) is 0 Å². The lowest BCUT2D eigenvalue weighted by molar-refractivity contribution is -0.377. The maximum absolute atomic E-state index is 12.2. The van der Waals surface area contributed by atoms with Crippen LogP contribution in [0.2, 0.25) is 0 Å². The second-order valence-corrected chi connectivity index (χ2v) is 7.25. The lowest BCUT2D eigenvalue weighted by Gasteiger charge is -2.45. The standard InChI is InChI=1S/C17H30O12/c1-3-6(2)15(25)28-14-12(23)10(21)8(5-19)27-17(14)29-16-13(24)11(22)9(20)7(4-18)26-16/h6-14,16-24H,3-5H2,1-2H3/t6-,7+,8+,9+,10+,11-,12-,13+,14+,16+,17+/m0/s1. The van der Waals surface area contributed by atoms with Gasteiger partial charge in [0.15, 0.2) is 12.4 Å². The molecule has 0 unspecified atom stereocenters. The molecular formula is C17H30O12. The van der Waals surface area contributed by atoms with E-state index in [4.69, 9.17) is 18.9 Å². The summed E-state index contributed by atoms with van der Waals surface area (Å²) >= 11 is 0. The highest BCUT2D eigenvalue weighted by atomic mass is 16.8. The molecule has 12 nitrogen and oxygen atoms in total. The van der Waals surface area contributed by atoms with Crippen molar-refractivity contribution in [2.24, 2.45) is 5.92 Å². The first kappa shape index (κ1) is 24.3. The molecule has 29 heavy (non-hydrogen) atoms. The number of aliphatic hydroxyl groups excluding tert-OH is 7. The van der Waals surface area contributed by atoms with Crippen LogP contribution in [0.25, 0.3) is 0 Å². The van der Waals surface area contributed by atoms with Crippen molar-refractivity contribution in [1.82, 2.24) is 0 Å². The lowest BCUT2D eigenvalue weighted by atomic mass is 9.97. The summed E-state index contributed by atoms with van der Waals surface area (Å²) in [5, 5.41) is 68.9. The Labute approximate surface area is 167 Å². The number of ether oxygens (including phenoxy) is 4. The summed E-state index contributed by atoms with van der Waals surface area (Å²) in [5.41, 5.74) is 0. The quantitative estimate of drug-likeness (QED) is 0.196. The molecule has 2 heterocycles. The first-order chi connectivity index (χ1) is 13.7. The van der Waals surface area contributed by atoms with Gasteiger partial charge in [-0.25, -0.2) is 0 Å². The Kier molecular flexibility index (Phi) is 8.72. The third-order valence-electron chi connectivity index (χ3n) is 5.21. The zero-order chi connectivity index (χ0) is 21.9. The third-order valence-corrected chi connectivity index (χ3v) is 5.21. The smallest absolute Gasteiger partial charge is 0.309 e. The van der Waals surface area contributed by atoms with Gasteiger partial charge in [-0.15, -0.1) is 0 Å². The normalized spacial score (nSPS) is 44.3. The molecule has 11 atom stereocenters. The molecule has 0 spiro atoms. The topological polar surface area (TPSA) is 196 Å². The van der Waals surface area contributed by atoms with Gasteiger partial charge in [0.1, 0.15) is 42.7 Å². The van der Waals surface area contributed by atoms with Crippen LogP contribution >= 0.6 is 0 Å². The highest BCUT2D eigenvalue weighted by Crippen LogP contribution is 2.30. The molecule has 2 saturated heterocycles. The van der Waals surface area contributed by atoms with E-state index >= 15 is 0 Å². The molecular weight excluding hydrogens is 396 g/mol. The maximum Gasteiger partial charge on any atom is 0.309 e. The van der Waals surface area contributed by atoms with Crippen LogP contribution < -0.4 is 0 Å². The van der Waals surface area contributed by atoms with E-state index in [9.17, 15) is 40.5 Å². The van der Waals surface area contributed by atoms with Crippen LogP contribution in [0.3, 0.4) is 0 Å². The Hall–Kier alpha value is -0.930. The Morgan fingerprint density at radius 3 is 1.90 bits per heavy atom. The number of hydrogen-bond donors (Lipinski definition) is 7. The van der Waals surface area contributed by atoms with Crippen LogP contribution in [0.5, 0.6) is 0 Å². The SMILES string of the molecule is CC[C@H](C)C(=O)O[C@H]1[C@@H](O[C@H]2O[C@H](CO)[C@@H](O)[C@H](O)[C@H]2O)O[C@H](CO)[C@@H](O)[C@@H]1O. The fourth-order valence-electron chi connectivity index (χ4n) is 3.02. The molecule has 2 aliphatic heterocycles. The van der Waals surface area contributed by atoms with Gasteiger partial charge in [-0.1, -0.05) is 13.8 Å². The molecule has 0 aromatic rings. The lowest BCUT2D eigenvalue weighted by Crippen LogP contribution is -2.64. The molecule has 0 radical (unpaired) electrons. The Bertz CT molecular complexity index is 531. The van der Waals surface area contributed by atoms with Crippen molar-refractivity contribution in [2.45, 2.75) is 81.7 Å². The molecule has 0 saturated carbocycles. The summed E-state index contributed by atoms with van der Waals surface area (Å²) in [5.74, 6) is -1.22. The number of rotatable bonds is 7. The predicted octanol–water partition coefficient (Wildman–Crippen LogP) is -3.80. The highest BCUT2D eigenvalue weighted by Gasteiger charge is 2.51. The van der Waals surface area contributed by atoms with Crippen LogP contribution in [-0.2, 0) is 23.7 Å². The largest absolute Gasteiger partial charge is 0.454 e. The average Bonchev–Trinajstić information content (AvgIpc) is 2.72. The number of carbonyl (C=O) groups excluding carboxylic acids is 1. The van der Waals surface area contributed by atoms with Crippen molar-refractivity contribution in [1.29, 1.82) is 0 Å². The molecule has 170 valence electrons. The molecule has 2 fully saturated rings. The van der Waals surface area contributed by atoms with E-state index in [-0.39, 0.29) is 0 Å². The monoisotopic (exact) mass is 426 g/mol. The zero-order valence-electron chi connectivity index (χ0n) is 16.1. The average molecular weight is 426 g/mol. The second-order valence-electron chi connectivity index (χ2n) is 7.25. The van der Waals surface area contributed by atoms with Gasteiger partial charge in [0.2, 0.25) is 6.29 Å². The summed E-state index contributed by atoms with van der Waals surface area (Å²) in [6, 6.07) is 0.